The van der Waals surface area contributed by atoms with Gasteiger partial charge in [0.05, 0.1) is 12.6 Å². The molecule has 7 nitrogen and oxygen atoms in total. The van der Waals surface area contributed by atoms with E-state index in [0.29, 0.717) is 12.3 Å². The van der Waals surface area contributed by atoms with E-state index >= 15 is 0 Å². The molecule has 1 aromatic carbocycles. The molecule has 3 rings (SSSR count). The Balaban J connectivity index is 1.86. The van der Waals surface area contributed by atoms with E-state index in [1.807, 2.05) is 26.0 Å². The van der Waals surface area contributed by atoms with Crippen molar-refractivity contribution in [2.24, 2.45) is 0 Å². The summed E-state index contributed by atoms with van der Waals surface area (Å²) >= 11 is 0. The lowest BCUT2D eigenvalue weighted by atomic mass is 10.1. The van der Waals surface area contributed by atoms with Gasteiger partial charge in [0.25, 0.3) is 11.5 Å². The van der Waals surface area contributed by atoms with Gasteiger partial charge in [-0.3, -0.25) is 14.2 Å². The average molecular weight is 343 g/mol. The maximum atomic E-state index is 12.6. The first-order chi connectivity index (χ1) is 12.0. The van der Waals surface area contributed by atoms with Gasteiger partial charge in [0.1, 0.15) is 5.56 Å². The lowest BCUT2D eigenvalue weighted by Crippen LogP contribution is -2.41. The minimum atomic E-state index is -0.611. The standard InChI is InChI=1S/C18H21N3O4/c1-11-5-6-13(8-12(11)2)20-16(22)15-9-19-18(24)21(17(15)23)10-14-4-3-7-25-14/h5-6,8-9,14H,3-4,7,10H2,1-2H3,(H,19,24)(H,20,22). The number of aryl methyl sites for hydroxylation is 2. The minimum Gasteiger partial charge on any atom is -0.376 e. The molecule has 1 amide bonds. The van der Waals surface area contributed by atoms with E-state index in [2.05, 4.69) is 10.3 Å². The second kappa shape index (κ2) is 7.06. The van der Waals surface area contributed by atoms with Crippen LogP contribution in [0, 0.1) is 13.8 Å². The Morgan fingerprint density at radius 2 is 2.12 bits per heavy atom. The molecule has 0 saturated carbocycles. The van der Waals surface area contributed by atoms with Crippen LogP contribution in [0.4, 0.5) is 5.69 Å². The third-order valence-corrected chi connectivity index (χ3v) is 4.48. The first-order valence-corrected chi connectivity index (χ1v) is 8.28. The summed E-state index contributed by atoms with van der Waals surface area (Å²) in [5, 5.41) is 2.70. The molecule has 1 saturated heterocycles. The number of aromatic amines is 1. The zero-order valence-corrected chi connectivity index (χ0v) is 14.3. The Bertz CT molecular complexity index is 907. The Morgan fingerprint density at radius 3 is 2.80 bits per heavy atom. The van der Waals surface area contributed by atoms with Gasteiger partial charge in [-0.1, -0.05) is 6.07 Å². The van der Waals surface area contributed by atoms with Crippen molar-refractivity contribution < 1.29 is 9.53 Å². The molecule has 2 heterocycles. The molecule has 1 aliphatic rings. The zero-order valence-electron chi connectivity index (χ0n) is 14.3. The fourth-order valence-corrected chi connectivity index (χ4v) is 2.85. The largest absolute Gasteiger partial charge is 0.376 e. The number of nitrogens with zero attached hydrogens (tertiary/aromatic N) is 1. The van der Waals surface area contributed by atoms with Crippen molar-refractivity contribution in [3.8, 4) is 0 Å². The highest BCUT2D eigenvalue weighted by atomic mass is 16.5. The third kappa shape index (κ3) is 3.71. The summed E-state index contributed by atoms with van der Waals surface area (Å²) in [5.41, 5.74) is 1.50. The lowest BCUT2D eigenvalue weighted by Gasteiger charge is -2.12. The van der Waals surface area contributed by atoms with Gasteiger partial charge in [0, 0.05) is 18.5 Å². The molecule has 25 heavy (non-hydrogen) atoms. The van der Waals surface area contributed by atoms with Gasteiger partial charge in [0.2, 0.25) is 0 Å². The summed E-state index contributed by atoms with van der Waals surface area (Å²) in [7, 11) is 0. The second-order valence-electron chi connectivity index (χ2n) is 6.31. The normalized spacial score (nSPS) is 16.8. The number of anilines is 1. The number of benzene rings is 1. The van der Waals surface area contributed by atoms with Crippen molar-refractivity contribution in [3.05, 3.63) is 61.9 Å². The molecule has 0 bridgehead atoms. The smallest absolute Gasteiger partial charge is 0.328 e. The molecule has 1 fully saturated rings. The van der Waals surface area contributed by atoms with E-state index in [1.54, 1.807) is 6.07 Å². The number of ether oxygens (including phenoxy) is 1. The molecule has 132 valence electrons. The van der Waals surface area contributed by atoms with E-state index in [1.165, 1.54) is 0 Å². The molecule has 0 aliphatic carbocycles. The van der Waals surface area contributed by atoms with Gasteiger partial charge in [-0.15, -0.1) is 0 Å². The molecule has 0 spiro atoms. The molecule has 1 atom stereocenters. The second-order valence-corrected chi connectivity index (χ2v) is 6.31. The molecule has 2 aromatic rings. The van der Waals surface area contributed by atoms with Gasteiger partial charge >= 0.3 is 5.69 Å². The van der Waals surface area contributed by atoms with Crippen molar-refractivity contribution in [2.45, 2.75) is 39.3 Å². The van der Waals surface area contributed by atoms with Gasteiger partial charge in [0.15, 0.2) is 0 Å². The van der Waals surface area contributed by atoms with Crippen molar-refractivity contribution in [1.82, 2.24) is 9.55 Å². The number of carbonyl (C=O) groups is 1. The number of aromatic nitrogens is 2. The molecule has 2 N–H and O–H groups in total. The SMILES string of the molecule is Cc1ccc(NC(=O)c2c[nH]c(=O)n(CC3CCCO3)c2=O)cc1C. The number of carbonyl (C=O) groups excluding carboxylic acids is 1. The highest BCUT2D eigenvalue weighted by Crippen LogP contribution is 2.15. The fraction of sp³-hybridized carbons (Fsp3) is 0.389. The van der Waals surface area contributed by atoms with E-state index in [0.717, 1.165) is 34.7 Å². The Kier molecular flexibility index (Phi) is 4.85. The van der Waals surface area contributed by atoms with E-state index in [9.17, 15) is 14.4 Å². The summed E-state index contributed by atoms with van der Waals surface area (Å²) in [6.45, 7) is 4.70. The number of rotatable bonds is 4. The van der Waals surface area contributed by atoms with Crippen molar-refractivity contribution in [1.29, 1.82) is 0 Å². The van der Waals surface area contributed by atoms with Gasteiger partial charge in [-0.05, 0) is 49.9 Å². The van der Waals surface area contributed by atoms with Crippen LogP contribution in [0.5, 0.6) is 0 Å². The summed E-state index contributed by atoms with van der Waals surface area (Å²) < 4.78 is 6.51. The Hall–Kier alpha value is -2.67. The molecule has 1 aromatic heterocycles. The van der Waals surface area contributed by atoms with Gasteiger partial charge in [-0.2, -0.15) is 0 Å². The fourth-order valence-electron chi connectivity index (χ4n) is 2.85. The van der Waals surface area contributed by atoms with Crippen molar-refractivity contribution in [2.75, 3.05) is 11.9 Å². The average Bonchev–Trinajstić information content (AvgIpc) is 3.08. The quantitative estimate of drug-likeness (QED) is 0.881. The van der Waals surface area contributed by atoms with Crippen molar-refractivity contribution >= 4 is 11.6 Å². The number of hydrogen-bond donors (Lipinski definition) is 2. The summed E-state index contributed by atoms with van der Waals surface area (Å²) in [6.07, 6.45) is 2.69. The minimum absolute atomic E-state index is 0.101. The highest BCUT2D eigenvalue weighted by molar-refractivity contribution is 6.03. The maximum Gasteiger partial charge on any atom is 0.328 e. The van der Waals surface area contributed by atoms with Crippen LogP contribution >= 0.6 is 0 Å². The topological polar surface area (TPSA) is 93.2 Å². The Labute approximate surface area is 144 Å². The number of hydrogen-bond acceptors (Lipinski definition) is 4. The van der Waals surface area contributed by atoms with E-state index in [4.69, 9.17) is 4.74 Å². The van der Waals surface area contributed by atoms with E-state index in [-0.39, 0.29) is 18.2 Å². The number of nitrogens with one attached hydrogen (secondary N) is 2. The maximum absolute atomic E-state index is 12.6. The summed E-state index contributed by atoms with van der Waals surface area (Å²) in [6, 6.07) is 5.51. The van der Waals surface area contributed by atoms with Crippen LogP contribution in [0.2, 0.25) is 0 Å². The molecule has 7 heteroatoms. The Morgan fingerprint density at radius 1 is 1.32 bits per heavy atom. The third-order valence-electron chi connectivity index (χ3n) is 4.48. The summed E-state index contributed by atoms with van der Waals surface area (Å²) in [4.78, 5) is 39.4. The van der Waals surface area contributed by atoms with Crippen LogP contribution in [0.15, 0.2) is 34.0 Å². The molecule has 1 aliphatic heterocycles. The van der Waals surface area contributed by atoms with Crippen molar-refractivity contribution in [3.63, 3.8) is 0 Å². The number of H-pyrrole nitrogens is 1. The highest BCUT2D eigenvalue weighted by Gasteiger charge is 2.20. The van der Waals surface area contributed by atoms with Crippen LogP contribution in [0.25, 0.3) is 0 Å². The predicted molar refractivity (Wildman–Crippen MR) is 94.2 cm³/mol. The molecule has 1 unspecified atom stereocenters. The number of amides is 1. The van der Waals surface area contributed by atoms with Crippen LogP contribution < -0.4 is 16.6 Å². The predicted octanol–water partition coefficient (Wildman–Crippen LogP) is 1.58. The van der Waals surface area contributed by atoms with Crippen LogP contribution in [-0.2, 0) is 11.3 Å². The van der Waals surface area contributed by atoms with Crippen LogP contribution in [-0.4, -0.2) is 28.2 Å². The first-order valence-electron chi connectivity index (χ1n) is 8.28. The molecule has 0 radical (unpaired) electrons. The molecular formula is C18H21N3O4. The summed E-state index contributed by atoms with van der Waals surface area (Å²) in [5.74, 6) is -0.550. The van der Waals surface area contributed by atoms with Crippen LogP contribution in [0.1, 0.15) is 34.3 Å². The van der Waals surface area contributed by atoms with Gasteiger partial charge < -0.3 is 15.0 Å². The zero-order chi connectivity index (χ0) is 18.0. The monoisotopic (exact) mass is 343 g/mol. The first kappa shape index (κ1) is 17.2. The van der Waals surface area contributed by atoms with E-state index < -0.39 is 17.2 Å². The molecular weight excluding hydrogens is 322 g/mol. The lowest BCUT2D eigenvalue weighted by molar-refractivity contribution is 0.0941. The van der Waals surface area contributed by atoms with Gasteiger partial charge in [-0.25, -0.2) is 4.79 Å². The van der Waals surface area contributed by atoms with Crippen LogP contribution in [0.3, 0.4) is 0 Å².